The summed E-state index contributed by atoms with van der Waals surface area (Å²) in [6.45, 7) is 0. The molecule has 130 valence electrons. The van der Waals surface area contributed by atoms with Crippen molar-refractivity contribution in [2.75, 3.05) is 5.32 Å². The maximum absolute atomic E-state index is 12.4. The third-order valence-electron chi connectivity index (χ3n) is 3.88. The minimum Gasteiger partial charge on any atom is -0.321 e. The summed E-state index contributed by atoms with van der Waals surface area (Å²) in [7, 11) is 2.84. The van der Waals surface area contributed by atoms with Crippen molar-refractivity contribution in [2.24, 2.45) is 14.1 Å². The number of amides is 1. The van der Waals surface area contributed by atoms with Crippen molar-refractivity contribution in [2.45, 2.75) is 0 Å². The molecule has 0 fully saturated rings. The van der Waals surface area contributed by atoms with E-state index in [2.05, 4.69) is 10.3 Å². The van der Waals surface area contributed by atoms with Gasteiger partial charge in [0.2, 0.25) is 0 Å². The molecule has 3 aromatic rings. The predicted molar refractivity (Wildman–Crippen MR) is 96.3 cm³/mol. The Labute approximate surface area is 151 Å². The normalized spacial score (nSPS) is 10.5. The minimum atomic E-state index is -0.550. The zero-order chi connectivity index (χ0) is 19.0. The van der Waals surface area contributed by atoms with E-state index in [1.54, 1.807) is 6.07 Å². The highest BCUT2D eigenvalue weighted by atomic mass is 35.5. The third-order valence-corrected chi connectivity index (χ3v) is 4.21. The number of rotatable bonds is 2. The van der Waals surface area contributed by atoms with Crippen molar-refractivity contribution in [3.8, 4) is 6.07 Å². The lowest BCUT2D eigenvalue weighted by Gasteiger charge is -2.09. The van der Waals surface area contributed by atoms with Gasteiger partial charge in [-0.25, -0.2) is 9.78 Å². The van der Waals surface area contributed by atoms with Gasteiger partial charge in [-0.05, 0) is 30.3 Å². The molecule has 0 radical (unpaired) electrons. The van der Waals surface area contributed by atoms with Crippen LogP contribution in [0.5, 0.6) is 0 Å². The smallest absolute Gasteiger partial charge is 0.321 e. The van der Waals surface area contributed by atoms with Crippen LogP contribution in [0.4, 0.5) is 5.69 Å². The van der Waals surface area contributed by atoms with E-state index in [4.69, 9.17) is 16.9 Å². The molecule has 3 rings (SSSR count). The summed E-state index contributed by atoms with van der Waals surface area (Å²) >= 11 is 5.86. The van der Waals surface area contributed by atoms with Crippen LogP contribution in [0.3, 0.4) is 0 Å². The molecule has 9 heteroatoms. The molecule has 0 spiro atoms. The molecular weight excluding hydrogens is 358 g/mol. The molecular formula is C17H12ClN5O3. The van der Waals surface area contributed by atoms with Crippen LogP contribution < -0.4 is 16.6 Å². The Morgan fingerprint density at radius 2 is 1.92 bits per heavy atom. The average Bonchev–Trinajstić information content (AvgIpc) is 2.65. The summed E-state index contributed by atoms with van der Waals surface area (Å²) < 4.78 is 2.17. The summed E-state index contributed by atoms with van der Waals surface area (Å²) in [5.41, 5.74) is -0.297. The number of nitrogens with zero attached hydrogens (tertiary/aromatic N) is 4. The molecule has 0 aliphatic rings. The molecule has 1 N–H and O–H groups in total. The van der Waals surface area contributed by atoms with Crippen LogP contribution in [-0.2, 0) is 14.1 Å². The van der Waals surface area contributed by atoms with E-state index in [9.17, 15) is 14.4 Å². The van der Waals surface area contributed by atoms with Crippen molar-refractivity contribution in [3.63, 3.8) is 0 Å². The van der Waals surface area contributed by atoms with E-state index in [0.29, 0.717) is 5.69 Å². The number of aryl methyl sites for hydroxylation is 1. The first kappa shape index (κ1) is 17.4. The lowest BCUT2D eigenvalue weighted by molar-refractivity contribution is 0.102. The van der Waals surface area contributed by atoms with E-state index in [-0.39, 0.29) is 27.3 Å². The number of fused-ring (bicyclic) bond motifs is 1. The van der Waals surface area contributed by atoms with Crippen LogP contribution in [0.25, 0.3) is 11.0 Å². The van der Waals surface area contributed by atoms with Crippen LogP contribution in [0.15, 0.2) is 39.9 Å². The van der Waals surface area contributed by atoms with Crippen LogP contribution in [0.1, 0.15) is 16.1 Å². The fourth-order valence-electron chi connectivity index (χ4n) is 2.46. The lowest BCUT2D eigenvalue weighted by Crippen LogP contribution is -2.37. The highest BCUT2D eigenvalue weighted by molar-refractivity contribution is 6.31. The summed E-state index contributed by atoms with van der Waals surface area (Å²) in [5.74, 6) is -0.550. The lowest BCUT2D eigenvalue weighted by atomic mass is 10.2. The number of carbonyl (C=O) groups is 1. The van der Waals surface area contributed by atoms with Gasteiger partial charge in [0.15, 0.2) is 0 Å². The summed E-state index contributed by atoms with van der Waals surface area (Å²) in [6, 6.07) is 9.25. The maximum Gasteiger partial charge on any atom is 0.332 e. The number of aromatic nitrogens is 3. The highest BCUT2D eigenvalue weighted by Crippen LogP contribution is 2.20. The quantitative estimate of drug-likeness (QED) is 0.734. The molecule has 0 unspecified atom stereocenters. The second-order valence-electron chi connectivity index (χ2n) is 5.53. The van der Waals surface area contributed by atoms with Gasteiger partial charge >= 0.3 is 5.69 Å². The van der Waals surface area contributed by atoms with Crippen LogP contribution in [0.2, 0.25) is 5.02 Å². The number of nitriles is 1. The Kier molecular flexibility index (Phi) is 4.32. The highest BCUT2D eigenvalue weighted by Gasteiger charge is 2.14. The second kappa shape index (κ2) is 6.46. The number of benzene rings is 1. The van der Waals surface area contributed by atoms with Gasteiger partial charge in [-0.2, -0.15) is 5.26 Å². The van der Waals surface area contributed by atoms with Crippen molar-refractivity contribution in [3.05, 3.63) is 67.4 Å². The molecule has 0 aliphatic heterocycles. The first-order valence-electron chi connectivity index (χ1n) is 7.41. The van der Waals surface area contributed by atoms with E-state index >= 15 is 0 Å². The Balaban J connectivity index is 2.03. The molecule has 0 bridgehead atoms. The van der Waals surface area contributed by atoms with Crippen molar-refractivity contribution in [1.29, 1.82) is 5.26 Å². The van der Waals surface area contributed by atoms with Crippen LogP contribution in [-0.4, -0.2) is 20.0 Å². The Morgan fingerprint density at radius 1 is 1.19 bits per heavy atom. The second-order valence-corrected chi connectivity index (χ2v) is 5.94. The number of anilines is 1. The Morgan fingerprint density at radius 3 is 2.62 bits per heavy atom. The maximum atomic E-state index is 12.4. The monoisotopic (exact) mass is 369 g/mol. The zero-order valence-corrected chi connectivity index (χ0v) is 14.5. The van der Waals surface area contributed by atoms with E-state index < -0.39 is 17.2 Å². The number of hydrogen-bond acceptors (Lipinski definition) is 5. The van der Waals surface area contributed by atoms with Gasteiger partial charge in [0, 0.05) is 19.8 Å². The molecule has 2 aromatic heterocycles. The molecule has 1 aromatic carbocycles. The van der Waals surface area contributed by atoms with Gasteiger partial charge in [-0.3, -0.25) is 18.7 Å². The number of pyridine rings is 1. The van der Waals surface area contributed by atoms with Gasteiger partial charge in [0.05, 0.1) is 16.0 Å². The van der Waals surface area contributed by atoms with Crippen LogP contribution in [0, 0.1) is 11.3 Å². The number of halogens is 1. The first-order valence-corrected chi connectivity index (χ1v) is 7.79. The fourth-order valence-corrected chi connectivity index (χ4v) is 2.62. The van der Waals surface area contributed by atoms with Gasteiger partial charge in [-0.1, -0.05) is 11.6 Å². The topological polar surface area (TPSA) is 110 Å². The van der Waals surface area contributed by atoms with E-state index in [1.165, 1.54) is 42.9 Å². The zero-order valence-electron chi connectivity index (χ0n) is 13.8. The van der Waals surface area contributed by atoms with Gasteiger partial charge in [0.1, 0.15) is 17.4 Å². The molecule has 0 saturated heterocycles. The summed E-state index contributed by atoms with van der Waals surface area (Å²) in [4.78, 5) is 40.7. The predicted octanol–water partition coefficient (Wildman–Crippen LogP) is 1.41. The molecule has 0 saturated carbocycles. The molecule has 8 nitrogen and oxygen atoms in total. The number of nitrogens with one attached hydrogen (secondary N) is 1. The first-order chi connectivity index (χ1) is 12.3. The van der Waals surface area contributed by atoms with E-state index in [0.717, 1.165) is 4.57 Å². The SMILES string of the molecule is Cn1c(=O)c2ccc(C(=O)Nc3ccc(Cl)c(C#N)c3)nc2n(C)c1=O. The molecule has 26 heavy (non-hydrogen) atoms. The third kappa shape index (κ3) is 2.85. The number of hydrogen-bond donors (Lipinski definition) is 1. The summed E-state index contributed by atoms with van der Waals surface area (Å²) in [5, 5.41) is 12.1. The molecule has 1 amide bonds. The summed E-state index contributed by atoms with van der Waals surface area (Å²) in [6.07, 6.45) is 0. The minimum absolute atomic E-state index is 0.0224. The Bertz CT molecular complexity index is 1220. The van der Waals surface area contributed by atoms with Crippen molar-refractivity contribution < 1.29 is 4.79 Å². The fraction of sp³-hybridized carbons (Fsp3) is 0.118. The molecule has 2 heterocycles. The molecule has 0 aliphatic carbocycles. The Hall–Kier alpha value is -3.44. The van der Waals surface area contributed by atoms with Gasteiger partial charge in [-0.15, -0.1) is 0 Å². The average molecular weight is 370 g/mol. The number of carbonyl (C=O) groups excluding carboxylic acids is 1. The van der Waals surface area contributed by atoms with Gasteiger partial charge < -0.3 is 5.32 Å². The van der Waals surface area contributed by atoms with Crippen molar-refractivity contribution >= 4 is 34.2 Å². The largest absolute Gasteiger partial charge is 0.332 e. The van der Waals surface area contributed by atoms with E-state index in [1.807, 2.05) is 6.07 Å². The standard InChI is InChI=1S/C17H12ClN5O3/c1-22-14-11(16(25)23(2)17(22)26)4-6-13(21-14)15(24)20-10-3-5-12(18)9(7-10)8-19/h3-7H,1-2H3,(H,20,24). The van der Waals surface area contributed by atoms with Gasteiger partial charge in [0.25, 0.3) is 11.5 Å². The van der Waals surface area contributed by atoms with Crippen molar-refractivity contribution in [1.82, 2.24) is 14.1 Å². The molecule has 0 atom stereocenters. The van der Waals surface area contributed by atoms with Crippen LogP contribution >= 0.6 is 11.6 Å².